The molecule has 2 N–H and O–H groups in total. The van der Waals surface area contributed by atoms with E-state index in [1.807, 2.05) is 0 Å². The van der Waals surface area contributed by atoms with Crippen LogP contribution in [0.1, 0.15) is 24.8 Å². The van der Waals surface area contributed by atoms with Gasteiger partial charge in [-0.05, 0) is 46.5 Å². The van der Waals surface area contributed by atoms with Crippen molar-refractivity contribution < 1.29 is 0 Å². The molecule has 0 radical (unpaired) electrons. The Morgan fingerprint density at radius 1 is 1.38 bits per heavy atom. The second kappa shape index (κ2) is 4.38. The molecule has 1 aliphatic rings. The SMILES string of the molecule is CN(C)c1ccc(C2(CN)CCC2)cc1Br. The molecule has 3 heteroatoms. The molecule has 1 saturated carbocycles. The zero-order chi connectivity index (χ0) is 11.8. The minimum Gasteiger partial charge on any atom is -0.377 e. The van der Waals surface area contributed by atoms with Gasteiger partial charge in [-0.25, -0.2) is 0 Å². The summed E-state index contributed by atoms with van der Waals surface area (Å²) in [5.74, 6) is 0. The maximum absolute atomic E-state index is 5.92. The fourth-order valence-electron chi connectivity index (χ4n) is 2.41. The van der Waals surface area contributed by atoms with E-state index in [0.29, 0.717) is 0 Å². The van der Waals surface area contributed by atoms with Gasteiger partial charge in [-0.15, -0.1) is 0 Å². The lowest BCUT2D eigenvalue weighted by Crippen LogP contribution is -2.41. The Labute approximate surface area is 106 Å². The Bertz CT molecular complexity index is 378. The van der Waals surface area contributed by atoms with Gasteiger partial charge in [0.25, 0.3) is 0 Å². The first-order chi connectivity index (χ1) is 7.59. The summed E-state index contributed by atoms with van der Waals surface area (Å²) in [4.78, 5) is 2.11. The van der Waals surface area contributed by atoms with Gasteiger partial charge >= 0.3 is 0 Å². The zero-order valence-corrected chi connectivity index (χ0v) is 11.5. The second-order valence-corrected chi connectivity index (χ2v) is 5.75. The van der Waals surface area contributed by atoms with Crippen molar-refractivity contribution in [3.05, 3.63) is 28.2 Å². The molecule has 16 heavy (non-hydrogen) atoms. The summed E-state index contributed by atoms with van der Waals surface area (Å²) in [5.41, 5.74) is 8.79. The number of benzene rings is 1. The van der Waals surface area contributed by atoms with Crippen molar-refractivity contribution in [1.82, 2.24) is 0 Å². The third-order valence-corrected chi connectivity index (χ3v) is 4.38. The normalized spacial score (nSPS) is 18.0. The van der Waals surface area contributed by atoms with Crippen LogP contribution in [0.3, 0.4) is 0 Å². The van der Waals surface area contributed by atoms with E-state index in [2.05, 4.69) is 53.1 Å². The van der Waals surface area contributed by atoms with Crippen molar-refractivity contribution in [2.75, 3.05) is 25.5 Å². The highest BCUT2D eigenvalue weighted by molar-refractivity contribution is 9.10. The van der Waals surface area contributed by atoms with E-state index in [-0.39, 0.29) is 5.41 Å². The minimum absolute atomic E-state index is 0.257. The van der Waals surface area contributed by atoms with Crippen molar-refractivity contribution in [3.8, 4) is 0 Å². The lowest BCUT2D eigenvalue weighted by molar-refractivity contribution is 0.253. The van der Waals surface area contributed by atoms with E-state index in [4.69, 9.17) is 5.73 Å². The summed E-state index contributed by atoms with van der Waals surface area (Å²) in [6.45, 7) is 0.765. The first kappa shape index (κ1) is 11.9. The predicted octanol–water partition coefficient (Wildman–Crippen LogP) is 2.90. The van der Waals surface area contributed by atoms with Gasteiger partial charge in [-0.2, -0.15) is 0 Å². The first-order valence-electron chi connectivity index (χ1n) is 5.76. The summed E-state index contributed by atoms with van der Waals surface area (Å²) in [6, 6.07) is 6.64. The molecule has 0 atom stereocenters. The molecule has 2 nitrogen and oxygen atoms in total. The fraction of sp³-hybridized carbons (Fsp3) is 0.538. The highest BCUT2D eigenvalue weighted by Gasteiger charge is 2.37. The van der Waals surface area contributed by atoms with Crippen molar-refractivity contribution in [2.24, 2.45) is 5.73 Å². The van der Waals surface area contributed by atoms with Crippen LogP contribution in [-0.4, -0.2) is 20.6 Å². The Morgan fingerprint density at radius 2 is 2.06 bits per heavy atom. The van der Waals surface area contributed by atoms with Gasteiger partial charge in [0.05, 0.1) is 5.69 Å². The maximum Gasteiger partial charge on any atom is 0.0505 e. The first-order valence-corrected chi connectivity index (χ1v) is 6.56. The highest BCUT2D eigenvalue weighted by Crippen LogP contribution is 2.44. The van der Waals surface area contributed by atoms with Gasteiger partial charge in [-0.3, -0.25) is 0 Å². The molecule has 0 spiro atoms. The van der Waals surface area contributed by atoms with E-state index in [0.717, 1.165) is 11.0 Å². The summed E-state index contributed by atoms with van der Waals surface area (Å²) < 4.78 is 1.16. The van der Waals surface area contributed by atoms with Crippen LogP contribution in [0.15, 0.2) is 22.7 Å². The van der Waals surface area contributed by atoms with E-state index >= 15 is 0 Å². The van der Waals surface area contributed by atoms with Crippen LogP contribution in [0.2, 0.25) is 0 Å². The molecule has 88 valence electrons. The molecule has 0 unspecified atom stereocenters. The Kier molecular flexibility index (Phi) is 3.27. The van der Waals surface area contributed by atoms with Crippen LogP contribution >= 0.6 is 15.9 Å². The van der Waals surface area contributed by atoms with E-state index in [1.54, 1.807) is 0 Å². The number of halogens is 1. The molecule has 0 amide bonds. The monoisotopic (exact) mass is 282 g/mol. The van der Waals surface area contributed by atoms with Crippen LogP contribution < -0.4 is 10.6 Å². The predicted molar refractivity (Wildman–Crippen MR) is 73.1 cm³/mol. The van der Waals surface area contributed by atoms with Crippen LogP contribution in [0.25, 0.3) is 0 Å². The standard InChI is InChI=1S/C13H19BrN2/c1-16(2)12-5-4-10(8-11(12)14)13(9-15)6-3-7-13/h4-5,8H,3,6-7,9,15H2,1-2H3. The number of hydrogen-bond acceptors (Lipinski definition) is 2. The average Bonchev–Trinajstić information content (AvgIpc) is 2.16. The van der Waals surface area contributed by atoms with E-state index < -0.39 is 0 Å². The van der Waals surface area contributed by atoms with Crippen molar-refractivity contribution in [3.63, 3.8) is 0 Å². The van der Waals surface area contributed by atoms with Crippen molar-refractivity contribution in [1.29, 1.82) is 0 Å². The van der Waals surface area contributed by atoms with E-state index in [9.17, 15) is 0 Å². The molecular formula is C13H19BrN2. The van der Waals surface area contributed by atoms with Gasteiger partial charge in [0.1, 0.15) is 0 Å². The minimum atomic E-state index is 0.257. The molecule has 0 saturated heterocycles. The second-order valence-electron chi connectivity index (χ2n) is 4.90. The summed E-state index contributed by atoms with van der Waals surface area (Å²) in [7, 11) is 4.11. The highest BCUT2D eigenvalue weighted by atomic mass is 79.9. The van der Waals surface area contributed by atoms with Crippen LogP contribution in [0.5, 0.6) is 0 Å². The van der Waals surface area contributed by atoms with Crippen molar-refractivity contribution in [2.45, 2.75) is 24.7 Å². The molecule has 1 aromatic rings. The van der Waals surface area contributed by atoms with Gasteiger partial charge < -0.3 is 10.6 Å². The molecule has 0 bridgehead atoms. The number of hydrogen-bond donors (Lipinski definition) is 1. The largest absolute Gasteiger partial charge is 0.377 e. The third-order valence-electron chi connectivity index (χ3n) is 3.74. The molecular weight excluding hydrogens is 264 g/mol. The Morgan fingerprint density at radius 3 is 2.44 bits per heavy atom. The average molecular weight is 283 g/mol. The molecule has 1 fully saturated rings. The number of nitrogens with two attached hydrogens (primary N) is 1. The maximum atomic E-state index is 5.92. The molecule has 2 rings (SSSR count). The smallest absolute Gasteiger partial charge is 0.0505 e. The van der Waals surface area contributed by atoms with E-state index in [1.165, 1.54) is 30.5 Å². The van der Waals surface area contributed by atoms with Gasteiger partial charge in [0.15, 0.2) is 0 Å². The number of rotatable bonds is 3. The summed E-state index contributed by atoms with van der Waals surface area (Å²) in [5, 5.41) is 0. The number of anilines is 1. The van der Waals surface area contributed by atoms with Gasteiger partial charge in [-0.1, -0.05) is 12.5 Å². The zero-order valence-electron chi connectivity index (χ0n) is 9.96. The number of nitrogens with zero attached hydrogens (tertiary/aromatic N) is 1. The topological polar surface area (TPSA) is 29.3 Å². The molecule has 1 aliphatic carbocycles. The molecule has 0 aromatic heterocycles. The Balaban J connectivity index is 2.34. The lowest BCUT2D eigenvalue weighted by atomic mass is 9.64. The van der Waals surface area contributed by atoms with Gasteiger partial charge in [0.2, 0.25) is 0 Å². The lowest BCUT2D eigenvalue weighted by Gasteiger charge is -2.41. The summed E-state index contributed by atoms with van der Waals surface area (Å²) >= 11 is 3.64. The van der Waals surface area contributed by atoms with Crippen LogP contribution in [0.4, 0.5) is 5.69 Å². The third kappa shape index (κ3) is 1.87. The van der Waals surface area contributed by atoms with Crippen molar-refractivity contribution >= 4 is 21.6 Å². The van der Waals surface area contributed by atoms with Crippen LogP contribution in [-0.2, 0) is 5.41 Å². The Hall–Kier alpha value is -0.540. The fourth-order valence-corrected chi connectivity index (χ4v) is 3.15. The van der Waals surface area contributed by atoms with Gasteiger partial charge in [0, 0.05) is 30.5 Å². The molecule has 0 aliphatic heterocycles. The molecule has 1 aromatic carbocycles. The summed E-state index contributed by atoms with van der Waals surface area (Å²) in [6.07, 6.45) is 3.78. The van der Waals surface area contributed by atoms with Crippen LogP contribution in [0, 0.1) is 0 Å². The molecule has 0 heterocycles. The quantitative estimate of drug-likeness (QED) is 0.924.